The molecule has 1 aliphatic carbocycles. The Hall–Kier alpha value is -1.02. The fourth-order valence-corrected chi connectivity index (χ4v) is 2.11. The van der Waals surface area contributed by atoms with E-state index in [1.807, 2.05) is 13.0 Å². The Labute approximate surface area is 90.6 Å². The molecule has 1 aromatic heterocycles. The van der Waals surface area contributed by atoms with Crippen molar-refractivity contribution < 1.29 is 9.52 Å². The molecule has 0 bridgehead atoms. The zero-order valence-corrected chi connectivity index (χ0v) is 9.20. The van der Waals surface area contributed by atoms with Gasteiger partial charge in [0, 0.05) is 5.56 Å². The highest BCUT2D eigenvalue weighted by molar-refractivity contribution is 5.24. The average Bonchev–Trinajstić information content (AvgIpc) is 2.53. The van der Waals surface area contributed by atoms with Crippen LogP contribution in [0.2, 0.25) is 0 Å². The van der Waals surface area contributed by atoms with Crippen molar-refractivity contribution in [3.8, 4) is 0 Å². The maximum absolute atomic E-state index is 10.2. The van der Waals surface area contributed by atoms with Crippen LogP contribution in [0.5, 0.6) is 0 Å². The molecular weight excluding hydrogens is 188 g/mol. The topological polar surface area (TPSA) is 33.4 Å². The van der Waals surface area contributed by atoms with Gasteiger partial charge in [0.25, 0.3) is 0 Å². The van der Waals surface area contributed by atoms with Crippen LogP contribution >= 0.6 is 0 Å². The number of furan rings is 1. The Kier molecular flexibility index (Phi) is 3.27. The first kappa shape index (κ1) is 10.5. The van der Waals surface area contributed by atoms with Crippen LogP contribution in [0, 0.1) is 6.92 Å². The fraction of sp³-hybridized carbons (Fsp3) is 0.538. The Bertz CT molecular complexity index is 349. The van der Waals surface area contributed by atoms with E-state index >= 15 is 0 Å². The molecule has 2 nitrogen and oxygen atoms in total. The van der Waals surface area contributed by atoms with E-state index in [1.165, 1.54) is 19.3 Å². The van der Waals surface area contributed by atoms with Crippen LogP contribution in [0.25, 0.3) is 0 Å². The molecule has 82 valence electrons. The summed E-state index contributed by atoms with van der Waals surface area (Å²) in [5, 5.41) is 10.2. The number of hydrogen-bond donors (Lipinski definition) is 1. The van der Waals surface area contributed by atoms with E-state index in [0.29, 0.717) is 0 Å². The van der Waals surface area contributed by atoms with Crippen molar-refractivity contribution in [2.24, 2.45) is 0 Å². The molecule has 0 saturated carbocycles. The molecule has 0 aromatic carbocycles. The predicted octanol–water partition coefficient (Wildman–Crippen LogP) is 3.51. The van der Waals surface area contributed by atoms with Crippen LogP contribution in [-0.4, -0.2) is 5.11 Å². The molecule has 2 rings (SSSR count). The molecule has 1 atom stereocenters. The first-order valence-electron chi connectivity index (χ1n) is 5.69. The van der Waals surface area contributed by atoms with Crippen LogP contribution in [-0.2, 0) is 0 Å². The van der Waals surface area contributed by atoms with Gasteiger partial charge in [-0.25, -0.2) is 0 Å². The Morgan fingerprint density at radius 3 is 2.93 bits per heavy atom. The summed E-state index contributed by atoms with van der Waals surface area (Å²) in [4.78, 5) is 0. The molecular formula is C13H18O2. The van der Waals surface area contributed by atoms with Crippen molar-refractivity contribution in [1.29, 1.82) is 0 Å². The summed E-state index contributed by atoms with van der Waals surface area (Å²) in [6.07, 6.45) is 9.23. The van der Waals surface area contributed by atoms with Crippen molar-refractivity contribution >= 4 is 0 Å². The highest BCUT2D eigenvalue weighted by Gasteiger charge is 2.16. The number of aliphatic hydroxyl groups excluding tert-OH is 1. The second-order valence-corrected chi connectivity index (χ2v) is 4.27. The number of aliphatic hydroxyl groups is 1. The third-order valence-electron chi connectivity index (χ3n) is 2.99. The van der Waals surface area contributed by atoms with E-state index in [1.54, 1.807) is 6.26 Å². The average molecular weight is 206 g/mol. The van der Waals surface area contributed by atoms with E-state index in [9.17, 15) is 5.11 Å². The molecule has 0 aliphatic heterocycles. The maximum Gasteiger partial charge on any atom is 0.103 e. The predicted molar refractivity (Wildman–Crippen MR) is 59.6 cm³/mol. The van der Waals surface area contributed by atoms with E-state index < -0.39 is 6.10 Å². The Morgan fingerprint density at radius 1 is 1.33 bits per heavy atom. The number of aryl methyl sites for hydroxylation is 1. The van der Waals surface area contributed by atoms with Crippen molar-refractivity contribution in [1.82, 2.24) is 0 Å². The number of hydrogen-bond acceptors (Lipinski definition) is 2. The Balaban J connectivity index is 2.12. The maximum atomic E-state index is 10.2. The monoisotopic (exact) mass is 206 g/mol. The van der Waals surface area contributed by atoms with Crippen molar-refractivity contribution in [2.45, 2.75) is 45.1 Å². The van der Waals surface area contributed by atoms with Gasteiger partial charge in [-0.3, -0.25) is 0 Å². The van der Waals surface area contributed by atoms with E-state index in [0.717, 1.165) is 29.7 Å². The molecule has 1 aliphatic rings. The van der Waals surface area contributed by atoms with Crippen LogP contribution in [0.1, 0.15) is 49.5 Å². The molecule has 0 saturated heterocycles. The normalized spacial score (nSPS) is 19.5. The van der Waals surface area contributed by atoms with E-state index in [2.05, 4.69) is 6.08 Å². The van der Waals surface area contributed by atoms with Gasteiger partial charge in [-0.15, -0.1) is 0 Å². The lowest BCUT2D eigenvalue weighted by atomic mass is 10.00. The summed E-state index contributed by atoms with van der Waals surface area (Å²) in [6, 6.07) is 1.91. The summed E-state index contributed by atoms with van der Waals surface area (Å²) < 4.78 is 5.22. The van der Waals surface area contributed by atoms with Gasteiger partial charge in [0.05, 0.1) is 6.26 Å². The van der Waals surface area contributed by atoms with E-state index in [4.69, 9.17) is 4.42 Å². The molecule has 1 heterocycles. The van der Waals surface area contributed by atoms with Gasteiger partial charge < -0.3 is 9.52 Å². The molecule has 1 N–H and O–H groups in total. The van der Waals surface area contributed by atoms with Gasteiger partial charge >= 0.3 is 0 Å². The lowest BCUT2D eigenvalue weighted by Gasteiger charge is -2.11. The lowest BCUT2D eigenvalue weighted by Crippen LogP contribution is -1.99. The highest BCUT2D eigenvalue weighted by Crippen LogP contribution is 2.29. The minimum Gasteiger partial charge on any atom is -0.469 e. The van der Waals surface area contributed by atoms with Gasteiger partial charge in [0.1, 0.15) is 11.9 Å². The van der Waals surface area contributed by atoms with Crippen LogP contribution < -0.4 is 0 Å². The molecule has 2 heteroatoms. The van der Waals surface area contributed by atoms with Crippen LogP contribution in [0.15, 0.2) is 28.4 Å². The number of allylic oxidation sites excluding steroid dienone is 1. The van der Waals surface area contributed by atoms with E-state index in [-0.39, 0.29) is 0 Å². The molecule has 1 aromatic rings. The molecule has 0 radical (unpaired) electrons. The van der Waals surface area contributed by atoms with Gasteiger partial charge in [-0.1, -0.05) is 12.5 Å². The highest BCUT2D eigenvalue weighted by atomic mass is 16.3. The smallest absolute Gasteiger partial charge is 0.103 e. The SMILES string of the molecule is Cc1cc(C(O)C2=CCCCCC2)co1. The zero-order valence-electron chi connectivity index (χ0n) is 9.20. The second-order valence-electron chi connectivity index (χ2n) is 4.27. The number of rotatable bonds is 2. The van der Waals surface area contributed by atoms with Crippen molar-refractivity contribution in [3.05, 3.63) is 35.3 Å². The molecule has 1 unspecified atom stereocenters. The fourth-order valence-electron chi connectivity index (χ4n) is 2.11. The van der Waals surface area contributed by atoms with Gasteiger partial charge in [-0.05, 0) is 44.2 Å². The first-order chi connectivity index (χ1) is 7.27. The molecule has 15 heavy (non-hydrogen) atoms. The third kappa shape index (κ3) is 2.51. The summed E-state index contributed by atoms with van der Waals surface area (Å²) in [6.45, 7) is 1.90. The summed E-state index contributed by atoms with van der Waals surface area (Å²) >= 11 is 0. The molecule has 0 spiro atoms. The zero-order chi connectivity index (χ0) is 10.7. The van der Waals surface area contributed by atoms with Gasteiger partial charge in [0.15, 0.2) is 0 Å². The standard InChI is InChI=1S/C13H18O2/c1-10-8-12(9-15-10)13(14)11-6-4-2-3-5-7-11/h6,8-9,13-14H,2-5,7H2,1H3. The summed E-state index contributed by atoms with van der Waals surface area (Å²) in [5.41, 5.74) is 2.05. The summed E-state index contributed by atoms with van der Waals surface area (Å²) in [5.74, 6) is 0.860. The summed E-state index contributed by atoms with van der Waals surface area (Å²) in [7, 11) is 0. The van der Waals surface area contributed by atoms with Crippen LogP contribution in [0.3, 0.4) is 0 Å². The first-order valence-corrected chi connectivity index (χ1v) is 5.69. The minimum atomic E-state index is -0.458. The second kappa shape index (κ2) is 4.67. The van der Waals surface area contributed by atoms with Crippen LogP contribution in [0.4, 0.5) is 0 Å². The van der Waals surface area contributed by atoms with Crippen molar-refractivity contribution in [3.63, 3.8) is 0 Å². The van der Waals surface area contributed by atoms with Gasteiger partial charge in [0.2, 0.25) is 0 Å². The minimum absolute atomic E-state index is 0.458. The molecule has 0 fully saturated rings. The van der Waals surface area contributed by atoms with Crippen molar-refractivity contribution in [2.75, 3.05) is 0 Å². The quantitative estimate of drug-likeness (QED) is 0.751. The third-order valence-corrected chi connectivity index (χ3v) is 2.99. The largest absolute Gasteiger partial charge is 0.469 e. The lowest BCUT2D eigenvalue weighted by molar-refractivity contribution is 0.209. The Morgan fingerprint density at radius 2 is 2.20 bits per heavy atom. The molecule has 0 amide bonds. The van der Waals surface area contributed by atoms with Gasteiger partial charge in [-0.2, -0.15) is 0 Å².